The smallest absolute Gasteiger partial charge is 0.347 e. The highest BCUT2D eigenvalue weighted by molar-refractivity contribution is 7.17. The number of carbonyl (C=O) groups is 1. The van der Waals surface area contributed by atoms with Crippen molar-refractivity contribution in [2.75, 3.05) is 0 Å². The Labute approximate surface area is 124 Å². The fraction of sp³-hybridized carbons (Fsp3) is 0.0667. The first-order valence-electron chi connectivity index (χ1n) is 6.09. The SMILES string of the molecule is Cc1nc(-c2cc(C#N)c3ccncc3c2)sc1C(=O)O. The normalized spacial score (nSPS) is 10.5. The van der Waals surface area contributed by atoms with Crippen LogP contribution in [0.1, 0.15) is 20.9 Å². The maximum atomic E-state index is 11.1. The van der Waals surface area contributed by atoms with Gasteiger partial charge in [-0.3, -0.25) is 4.98 Å². The summed E-state index contributed by atoms with van der Waals surface area (Å²) < 4.78 is 0. The number of rotatable bonds is 2. The summed E-state index contributed by atoms with van der Waals surface area (Å²) in [6.45, 7) is 1.66. The van der Waals surface area contributed by atoms with Crippen LogP contribution in [0.2, 0.25) is 0 Å². The number of fused-ring (bicyclic) bond motifs is 1. The average molecular weight is 295 g/mol. The molecular formula is C15H9N3O2S. The van der Waals surface area contributed by atoms with E-state index in [1.54, 1.807) is 31.5 Å². The van der Waals surface area contributed by atoms with Crippen LogP contribution >= 0.6 is 11.3 Å². The van der Waals surface area contributed by atoms with Crippen LogP contribution in [0.15, 0.2) is 30.6 Å². The minimum absolute atomic E-state index is 0.217. The van der Waals surface area contributed by atoms with Gasteiger partial charge in [0.25, 0.3) is 0 Å². The molecule has 0 saturated heterocycles. The van der Waals surface area contributed by atoms with Gasteiger partial charge in [-0.25, -0.2) is 9.78 Å². The number of nitrogens with zero attached hydrogens (tertiary/aromatic N) is 3. The summed E-state index contributed by atoms with van der Waals surface area (Å²) in [6.07, 6.45) is 3.32. The molecule has 0 aliphatic carbocycles. The number of aryl methyl sites for hydroxylation is 1. The molecule has 0 amide bonds. The van der Waals surface area contributed by atoms with Crippen LogP contribution in [0.4, 0.5) is 0 Å². The first-order chi connectivity index (χ1) is 10.1. The van der Waals surface area contributed by atoms with Crippen LogP contribution in [0, 0.1) is 18.3 Å². The molecule has 0 atom stereocenters. The summed E-state index contributed by atoms with van der Waals surface area (Å²) in [6, 6.07) is 7.54. The molecule has 0 saturated carbocycles. The third-order valence-corrected chi connectivity index (χ3v) is 4.31. The Hall–Kier alpha value is -2.78. The highest BCUT2D eigenvalue weighted by atomic mass is 32.1. The van der Waals surface area contributed by atoms with Crippen molar-refractivity contribution >= 4 is 28.1 Å². The van der Waals surface area contributed by atoms with E-state index in [0.29, 0.717) is 16.3 Å². The first-order valence-corrected chi connectivity index (χ1v) is 6.91. The van der Waals surface area contributed by atoms with Gasteiger partial charge in [-0.05, 0) is 25.1 Å². The summed E-state index contributed by atoms with van der Waals surface area (Å²) in [4.78, 5) is 19.7. The van der Waals surface area contributed by atoms with Crippen molar-refractivity contribution in [2.45, 2.75) is 6.92 Å². The second kappa shape index (κ2) is 4.96. The quantitative estimate of drug-likeness (QED) is 0.784. The van der Waals surface area contributed by atoms with Crippen LogP contribution < -0.4 is 0 Å². The molecule has 3 rings (SSSR count). The van der Waals surface area contributed by atoms with Crippen molar-refractivity contribution in [3.05, 3.63) is 46.7 Å². The molecule has 5 nitrogen and oxygen atoms in total. The molecule has 0 bridgehead atoms. The Morgan fingerprint density at radius 2 is 2.24 bits per heavy atom. The van der Waals surface area contributed by atoms with Crippen molar-refractivity contribution in [1.29, 1.82) is 5.26 Å². The van der Waals surface area contributed by atoms with Gasteiger partial charge in [0.1, 0.15) is 9.88 Å². The maximum absolute atomic E-state index is 11.1. The molecule has 102 valence electrons. The van der Waals surface area contributed by atoms with Gasteiger partial charge in [-0.2, -0.15) is 5.26 Å². The summed E-state index contributed by atoms with van der Waals surface area (Å²) in [5.74, 6) is -0.987. The molecule has 6 heteroatoms. The van der Waals surface area contributed by atoms with E-state index in [1.807, 2.05) is 6.07 Å². The van der Waals surface area contributed by atoms with Crippen LogP contribution in [0.25, 0.3) is 21.3 Å². The standard InChI is InChI=1S/C15H9N3O2S/c1-8-13(15(19)20)21-14(18-8)9-4-10(6-16)12-2-3-17-7-11(12)5-9/h2-5,7H,1H3,(H,19,20). The Balaban J connectivity index is 2.24. The number of carboxylic acid groups (broad SMARTS) is 1. The molecule has 0 spiro atoms. The summed E-state index contributed by atoms with van der Waals surface area (Å²) >= 11 is 1.11. The number of hydrogen-bond donors (Lipinski definition) is 1. The highest BCUT2D eigenvalue weighted by Crippen LogP contribution is 2.31. The molecular weight excluding hydrogens is 286 g/mol. The van der Waals surface area contributed by atoms with Gasteiger partial charge in [-0.15, -0.1) is 11.3 Å². The predicted molar refractivity (Wildman–Crippen MR) is 79.3 cm³/mol. The fourth-order valence-electron chi connectivity index (χ4n) is 2.14. The zero-order valence-electron chi connectivity index (χ0n) is 11.0. The first kappa shape index (κ1) is 13.2. The van der Waals surface area contributed by atoms with Crippen LogP contribution in [0.5, 0.6) is 0 Å². The van der Waals surface area contributed by atoms with E-state index < -0.39 is 5.97 Å². The number of thiazole rings is 1. The second-order valence-corrected chi connectivity index (χ2v) is 5.47. The minimum Gasteiger partial charge on any atom is -0.477 e. The van der Waals surface area contributed by atoms with E-state index in [0.717, 1.165) is 27.7 Å². The average Bonchev–Trinajstić information content (AvgIpc) is 2.88. The summed E-state index contributed by atoms with van der Waals surface area (Å²) in [5, 5.41) is 20.6. The van der Waals surface area contributed by atoms with E-state index >= 15 is 0 Å². The number of pyridine rings is 1. The molecule has 3 aromatic rings. The minimum atomic E-state index is -0.987. The summed E-state index contributed by atoms with van der Waals surface area (Å²) in [5.41, 5.74) is 1.73. The van der Waals surface area contributed by atoms with Gasteiger partial charge in [0.15, 0.2) is 0 Å². The molecule has 21 heavy (non-hydrogen) atoms. The van der Waals surface area contributed by atoms with Crippen molar-refractivity contribution in [2.24, 2.45) is 0 Å². The third-order valence-electron chi connectivity index (χ3n) is 3.11. The second-order valence-electron chi connectivity index (χ2n) is 4.47. The Morgan fingerprint density at radius 3 is 2.90 bits per heavy atom. The largest absolute Gasteiger partial charge is 0.477 e. The van der Waals surface area contributed by atoms with Crippen LogP contribution in [-0.4, -0.2) is 21.0 Å². The fourth-order valence-corrected chi connectivity index (χ4v) is 3.04. The van der Waals surface area contributed by atoms with Crippen LogP contribution in [0.3, 0.4) is 0 Å². The van der Waals surface area contributed by atoms with Gasteiger partial charge in [0.05, 0.1) is 17.3 Å². The lowest BCUT2D eigenvalue weighted by atomic mass is 10.0. The van der Waals surface area contributed by atoms with Gasteiger partial charge in [0.2, 0.25) is 0 Å². The molecule has 0 unspecified atom stereocenters. The molecule has 2 aromatic heterocycles. The van der Waals surface area contributed by atoms with E-state index in [1.165, 1.54) is 0 Å². The van der Waals surface area contributed by atoms with E-state index in [-0.39, 0.29) is 4.88 Å². The topological polar surface area (TPSA) is 86.9 Å². The zero-order chi connectivity index (χ0) is 15.0. The lowest BCUT2D eigenvalue weighted by Crippen LogP contribution is -1.94. The molecule has 1 aromatic carbocycles. The highest BCUT2D eigenvalue weighted by Gasteiger charge is 2.16. The molecule has 0 radical (unpaired) electrons. The molecule has 0 aliphatic rings. The molecule has 2 heterocycles. The van der Waals surface area contributed by atoms with Gasteiger partial charge >= 0.3 is 5.97 Å². The van der Waals surface area contributed by atoms with Gasteiger partial charge in [0, 0.05) is 28.7 Å². The zero-order valence-corrected chi connectivity index (χ0v) is 11.8. The molecule has 0 aliphatic heterocycles. The number of hydrogen-bond acceptors (Lipinski definition) is 5. The number of aromatic carboxylic acids is 1. The third kappa shape index (κ3) is 2.24. The Morgan fingerprint density at radius 1 is 1.43 bits per heavy atom. The molecule has 0 fully saturated rings. The van der Waals surface area contributed by atoms with E-state index in [9.17, 15) is 10.1 Å². The van der Waals surface area contributed by atoms with Crippen molar-refractivity contribution in [3.63, 3.8) is 0 Å². The van der Waals surface area contributed by atoms with Gasteiger partial charge in [-0.1, -0.05) is 0 Å². The van der Waals surface area contributed by atoms with Crippen LogP contribution in [-0.2, 0) is 0 Å². The lowest BCUT2D eigenvalue weighted by molar-refractivity contribution is 0.0701. The summed E-state index contributed by atoms with van der Waals surface area (Å²) in [7, 11) is 0. The van der Waals surface area contributed by atoms with E-state index in [2.05, 4.69) is 16.0 Å². The number of carboxylic acids is 1. The van der Waals surface area contributed by atoms with E-state index in [4.69, 9.17) is 5.11 Å². The van der Waals surface area contributed by atoms with Gasteiger partial charge < -0.3 is 5.11 Å². The van der Waals surface area contributed by atoms with Crippen molar-refractivity contribution in [3.8, 4) is 16.6 Å². The lowest BCUT2D eigenvalue weighted by Gasteiger charge is -2.03. The molecule has 1 N–H and O–H groups in total. The number of benzene rings is 1. The van der Waals surface area contributed by atoms with Crippen molar-refractivity contribution in [1.82, 2.24) is 9.97 Å². The maximum Gasteiger partial charge on any atom is 0.347 e. The van der Waals surface area contributed by atoms with Crippen molar-refractivity contribution < 1.29 is 9.90 Å². The Kier molecular flexibility index (Phi) is 3.12. The predicted octanol–water partition coefficient (Wildman–Crippen LogP) is 3.24. The number of nitriles is 1. The monoisotopic (exact) mass is 295 g/mol. The number of aromatic nitrogens is 2. The Bertz CT molecular complexity index is 909.